The van der Waals surface area contributed by atoms with Crippen molar-refractivity contribution in [3.05, 3.63) is 0 Å². The molecule has 0 fully saturated rings. The van der Waals surface area contributed by atoms with Gasteiger partial charge in [-0.25, -0.2) is 0 Å². The molecule has 0 bridgehead atoms. The van der Waals surface area contributed by atoms with E-state index in [0.29, 0.717) is 32.7 Å². The molecular formula is C7H15NO4. The number of aliphatic hydroxyl groups excluding tert-OH is 1. The summed E-state index contributed by atoms with van der Waals surface area (Å²) in [7, 11) is 0. The van der Waals surface area contributed by atoms with Gasteiger partial charge in [-0.05, 0) is 0 Å². The minimum atomic E-state index is -0.322. The third-order valence-electron chi connectivity index (χ3n) is 1.19. The maximum absolute atomic E-state index is 9.68. The first-order chi connectivity index (χ1) is 5.81. The summed E-state index contributed by atoms with van der Waals surface area (Å²) >= 11 is 0. The molecule has 0 aromatic rings. The molecule has 0 spiro atoms. The Morgan fingerprint density at radius 3 is 2.83 bits per heavy atom. The van der Waals surface area contributed by atoms with Crippen LogP contribution in [0.5, 0.6) is 0 Å². The molecule has 5 heteroatoms. The van der Waals surface area contributed by atoms with E-state index in [2.05, 4.69) is 4.74 Å². The Bertz CT molecular complexity index is 110. The molecule has 0 aliphatic rings. The summed E-state index contributed by atoms with van der Waals surface area (Å²) in [6.45, 7) is 1.50. The van der Waals surface area contributed by atoms with Gasteiger partial charge in [-0.1, -0.05) is 0 Å². The molecule has 0 aromatic carbocycles. The van der Waals surface area contributed by atoms with Gasteiger partial charge in [0.05, 0.1) is 25.9 Å². The fraction of sp³-hybridized carbons (Fsp3) is 0.857. The van der Waals surface area contributed by atoms with Crippen molar-refractivity contribution in [3.63, 3.8) is 0 Å². The summed E-state index contributed by atoms with van der Waals surface area (Å²) in [6.07, 6.45) is 0.650. The van der Waals surface area contributed by atoms with Gasteiger partial charge >= 0.3 is 0 Å². The van der Waals surface area contributed by atoms with Crippen LogP contribution in [0, 0.1) is 0 Å². The largest absolute Gasteiger partial charge is 0.468 e. The van der Waals surface area contributed by atoms with E-state index in [-0.39, 0.29) is 12.6 Å². The first-order valence-electron chi connectivity index (χ1n) is 3.80. The number of nitrogens with two attached hydrogens (primary N) is 1. The molecule has 3 N–H and O–H groups in total. The first kappa shape index (κ1) is 11.4. The number of carbonyl (C=O) groups is 1. The Balaban J connectivity index is 2.95. The van der Waals surface area contributed by atoms with Crippen LogP contribution >= 0.6 is 0 Å². The molecule has 0 saturated heterocycles. The van der Waals surface area contributed by atoms with Gasteiger partial charge in [0.2, 0.25) is 0 Å². The zero-order chi connectivity index (χ0) is 9.23. The van der Waals surface area contributed by atoms with Crippen molar-refractivity contribution < 1.29 is 19.4 Å². The minimum absolute atomic E-state index is 0.0785. The molecular weight excluding hydrogens is 162 g/mol. The molecule has 0 radical (unpaired) electrons. The van der Waals surface area contributed by atoms with Crippen molar-refractivity contribution in [1.82, 2.24) is 0 Å². The normalized spacial score (nSPS) is 12.5. The molecule has 0 saturated carbocycles. The number of rotatable bonds is 8. The predicted molar refractivity (Wildman–Crippen MR) is 42.5 cm³/mol. The van der Waals surface area contributed by atoms with Crippen LogP contribution in [0.3, 0.4) is 0 Å². The van der Waals surface area contributed by atoms with E-state index < -0.39 is 0 Å². The van der Waals surface area contributed by atoms with Crippen LogP contribution in [0.1, 0.15) is 6.42 Å². The molecule has 0 aliphatic heterocycles. The van der Waals surface area contributed by atoms with Crippen LogP contribution in [0.2, 0.25) is 0 Å². The van der Waals surface area contributed by atoms with Crippen molar-refractivity contribution in [2.75, 3.05) is 26.4 Å². The summed E-state index contributed by atoms with van der Waals surface area (Å²) in [5.74, 6) is 0. The molecule has 5 nitrogen and oxygen atoms in total. The highest BCUT2D eigenvalue weighted by molar-refractivity contribution is 5.36. The molecule has 0 heterocycles. The monoisotopic (exact) mass is 177 g/mol. The molecule has 0 amide bonds. The van der Waals surface area contributed by atoms with Crippen molar-refractivity contribution in [3.8, 4) is 0 Å². The lowest BCUT2D eigenvalue weighted by Gasteiger charge is -2.08. The Morgan fingerprint density at radius 1 is 1.50 bits per heavy atom. The van der Waals surface area contributed by atoms with E-state index in [9.17, 15) is 4.79 Å². The van der Waals surface area contributed by atoms with Crippen molar-refractivity contribution in [2.45, 2.75) is 12.5 Å². The van der Waals surface area contributed by atoms with Gasteiger partial charge in [0, 0.05) is 13.0 Å². The molecule has 0 unspecified atom stereocenters. The first-order valence-corrected chi connectivity index (χ1v) is 3.80. The van der Waals surface area contributed by atoms with Gasteiger partial charge in [0.1, 0.15) is 0 Å². The van der Waals surface area contributed by atoms with Crippen molar-refractivity contribution in [2.24, 2.45) is 5.73 Å². The number of aliphatic hydroxyl groups is 1. The fourth-order valence-corrected chi connectivity index (χ4v) is 0.580. The average molecular weight is 177 g/mol. The third-order valence-corrected chi connectivity index (χ3v) is 1.19. The highest BCUT2D eigenvalue weighted by Crippen LogP contribution is 1.85. The van der Waals surface area contributed by atoms with E-state index in [4.69, 9.17) is 15.6 Å². The van der Waals surface area contributed by atoms with Gasteiger partial charge in [-0.2, -0.15) is 0 Å². The van der Waals surface area contributed by atoms with E-state index in [0.717, 1.165) is 0 Å². The Morgan fingerprint density at radius 2 is 2.25 bits per heavy atom. The second-order valence-electron chi connectivity index (χ2n) is 2.34. The Labute approximate surface area is 71.5 Å². The predicted octanol–water partition coefficient (Wildman–Crippen LogP) is -1.11. The summed E-state index contributed by atoms with van der Waals surface area (Å²) in [4.78, 5) is 9.68. The maximum atomic E-state index is 9.68. The Kier molecular flexibility index (Phi) is 7.99. The van der Waals surface area contributed by atoms with Crippen LogP contribution in [0.15, 0.2) is 0 Å². The standard InChI is InChI=1S/C7H15NO4/c8-7(4-9)5-11-2-1-3-12-6-10/h6-7,9H,1-5,8H2/t7-/m0/s1. The quantitative estimate of drug-likeness (QED) is 0.363. The minimum Gasteiger partial charge on any atom is -0.468 e. The lowest BCUT2D eigenvalue weighted by Crippen LogP contribution is -2.30. The summed E-state index contributed by atoms with van der Waals surface area (Å²) < 4.78 is 9.48. The number of carbonyl (C=O) groups excluding carboxylic acids is 1. The van der Waals surface area contributed by atoms with Gasteiger partial charge in [0.25, 0.3) is 6.47 Å². The number of hydrogen-bond acceptors (Lipinski definition) is 5. The highest BCUT2D eigenvalue weighted by Gasteiger charge is 1.98. The maximum Gasteiger partial charge on any atom is 0.293 e. The van der Waals surface area contributed by atoms with E-state index in [1.807, 2.05) is 0 Å². The van der Waals surface area contributed by atoms with E-state index >= 15 is 0 Å². The summed E-state index contributed by atoms with van der Waals surface area (Å²) in [5.41, 5.74) is 5.35. The number of ether oxygens (including phenoxy) is 2. The average Bonchev–Trinajstić information content (AvgIpc) is 2.10. The second-order valence-corrected chi connectivity index (χ2v) is 2.34. The SMILES string of the molecule is N[C@@H](CO)COCCCOC=O. The molecule has 0 aliphatic carbocycles. The lowest BCUT2D eigenvalue weighted by atomic mass is 10.4. The smallest absolute Gasteiger partial charge is 0.293 e. The van der Waals surface area contributed by atoms with Crippen LogP contribution in [0.4, 0.5) is 0 Å². The van der Waals surface area contributed by atoms with Gasteiger partial charge in [-0.15, -0.1) is 0 Å². The van der Waals surface area contributed by atoms with Crippen molar-refractivity contribution >= 4 is 6.47 Å². The van der Waals surface area contributed by atoms with Crippen LogP contribution < -0.4 is 5.73 Å². The van der Waals surface area contributed by atoms with Gasteiger partial charge in [-0.3, -0.25) is 4.79 Å². The topological polar surface area (TPSA) is 81.8 Å². The van der Waals surface area contributed by atoms with Crippen LogP contribution in [-0.4, -0.2) is 44.0 Å². The van der Waals surface area contributed by atoms with Gasteiger partial charge in [0.15, 0.2) is 0 Å². The highest BCUT2D eigenvalue weighted by atomic mass is 16.5. The molecule has 1 atom stereocenters. The molecule has 72 valence electrons. The molecule has 0 aromatic heterocycles. The lowest BCUT2D eigenvalue weighted by molar-refractivity contribution is -0.129. The number of hydrogen-bond donors (Lipinski definition) is 2. The second kappa shape index (κ2) is 8.45. The summed E-state index contributed by atoms with van der Waals surface area (Å²) in [5, 5.41) is 8.50. The van der Waals surface area contributed by atoms with Crippen LogP contribution in [0.25, 0.3) is 0 Å². The van der Waals surface area contributed by atoms with E-state index in [1.54, 1.807) is 0 Å². The zero-order valence-corrected chi connectivity index (χ0v) is 6.94. The Hall–Kier alpha value is -0.650. The molecule has 0 rings (SSSR count). The van der Waals surface area contributed by atoms with Crippen molar-refractivity contribution in [1.29, 1.82) is 0 Å². The third kappa shape index (κ3) is 7.46. The van der Waals surface area contributed by atoms with E-state index in [1.165, 1.54) is 0 Å². The fourth-order valence-electron chi connectivity index (χ4n) is 0.580. The van der Waals surface area contributed by atoms with Gasteiger partial charge < -0.3 is 20.3 Å². The molecule has 12 heavy (non-hydrogen) atoms. The van der Waals surface area contributed by atoms with Crippen LogP contribution in [-0.2, 0) is 14.3 Å². The zero-order valence-electron chi connectivity index (χ0n) is 6.94. The summed E-state index contributed by atoms with van der Waals surface area (Å²) in [6, 6.07) is -0.322.